The third-order valence-corrected chi connectivity index (χ3v) is 8.91. The molecule has 2 aromatic carbocycles. The van der Waals surface area contributed by atoms with Crippen LogP contribution in [0.2, 0.25) is 0 Å². The van der Waals surface area contributed by atoms with Gasteiger partial charge in [-0.3, -0.25) is 0 Å². The molecule has 0 radical (unpaired) electrons. The van der Waals surface area contributed by atoms with Gasteiger partial charge in [0.2, 0.25) is 10.0 Å². The van der Waals surface area contributed by atoms with E-state index in [0.29, 0.717) is 30.8 Å². The van der Waals surface area contributed by atoms with Crippen LogP contribution in [0.5, 0.6) is 5.75 Å². The molecule has 5 rings (SSSR count). The molecule has 1 fully saturated rings. The molecule has 10 heteroatoms. The van der Waals surface area contributed by atoms with Gasteiger partial charge in [-0.15, -0.1) is 0 Å². The molecular weight excluding hydrogens is 490 g/mol. The fraction of sp³-hybridized carbons (Fsp3) is 0.333. The van der Waals surface area contributed by atoms with E-state index in [1.807, 2.05) is 24.3 Å². The third-order valence-electron chi connectivity index (χ3n) is 5.80. The van der Waals surface area contributed by atoms with Gasteiger partial charge in [0.05, 0.1) is 24.4 Å². The average Bonchev–Trinajstić information content (AvgIpc) is 3.61. The summed E-state index contributed by atoms with van der Waals surface area (Å²) in [6.45, 7) is 1.74. The first kappa shape index (κ1) is 23.4. The van der Waals surface area contributed by atoms with Gasteiger partial charge in [0.25, 0.3) is 0 Å². The molecular formula is C24H25N3O4S3. The van der Waals surface area contributed by atoms with Crippen LogP contribution < -0.4 is 4.74 Å². The van der Waals surface area contributed by atoms with Crippen molar-refractivity contribution in [3.63, 3.8) is 0 Å². The molecule has 1 aliphatic heterocycles. The van der Waals surface area contributed by atoms with Gasteiger partial charge < -0.3 is 9.47 Å². The van der Waals surface area contributed by atoms with Crippen molar-refractivity contribution < 1.29 is 17.9 Å². The Morgan fingerprint density at radius 1 is 1.12 bits per heavy atom. The van der Waals surface area contributed by atoms with Crippen LogP contribution in [0.15, 0.2) is 64.2 Å². The lowest BCUT2D eigenvalue weighted by molar-refractivity contribution is 0.0926. The van der Waals surface area contributed by atoms with E-state index in [1.165, 1.54) is 9.87 Å². The molecule has 0 unspecified atom stereocenters. The zero-order chi connectivity index (χ0) is 23.4. The van der Waals surface area contributed by atoms with Crippen LogP contribution >= 0.6 is 23.1 Å². The van der Waals surface area contributed by atoms with Crippen LogP contribution in [0.1, 0.15) is 24.0 Å². The molecule has 0 amide bonds. The minimum absolute atomic E-state index is 0.118. The van der Waals surface area contributed by atoms with E-state index in [2.05, 4.69) is 25.6 Å². The van der Waals surface area contributed by atoms with Crippen molar-refractivity contribution >= 4 is 44.1 Å². The number of hydrogen-bond donors (Lipinski definition) is 0. The van der Waals surface area contributed by atoms with E-state index in [4.69, 9.17) is 9.47 Å². The van der Waals surface area contributed by atoms with Gasteiger partial charge in [-0.05, 0) is 65.1 Å². The summed E-state index contributed by atoms with van der Waals surface area (Å²) in [6.07, 6.45) is 2.50. The largest absolute Gasteiger partial charge is 0.493 e. The molecule has 0 saturated carbocycles. The summed E-state index contributed by atoms with van der Waals surface area (Å²) < 4.78 is 49.3. The number of sulfonamides is 1. The first-order chi connectivity index (χ1) is 16.6. The Hall–Kier alpha value is -2.37. The summed E-state index contributed by atoms with van der Waals surface area (Å²) in [5.41, 5.74) is 3.11. The first-order valence-electron chi connectivity index (χ1n) is 11.2. The Bertz CT molecular complexity index is 1330. The van der Waals surface area contributed by atoms with Crippen LogP contribution in [0, 0.1) is 0 Å². The Labute approximate surface area is 207 Å². The second-order valence-corrected chi connectivity index (χ2v) is 11.4. The number of fused-ring (bicyclic) bond motifs is 1. The lowest BCUT2D eigenvalue weighted by Crippen LogP contribution is -2.37. The van der Waals surface area contributed by atoms with Crippen molar-refractivity contribution in [3.8, 4) is 5.75 Å². The van der Waals surface area contributed by atoms with Crippen LogP contribution in [0.4, 0.5) is 0 Å². The number of thiophene rings is 1. The van der Waals surface area contributed by atoms with Gasteiger partial charge >= 0.3 is 0 Å². The SMILES string of the molecule is O=S(=O)(c1cccc2nsnc12)N(Cc1cccc(OCCc2ccsc2)c1)C[C@@H]1CCCO1. The van der Waals surface area contributed by atoms with Gasteiger partial charge in [-0.1, -0.05) is 18.2 Å². The Balaban J connectivity index is 1.37. The highest BCUT2D eigenvalue weighted by atomic mass is 32.2. The third kappa shape index (κ3) is 5.31. The van der Waals surface area contributed by atoms with Crippen LogP contribution in [0.25, 0.3) is 11.0 Å². The van der Waals surface area contributed by atoms with Gasteiger partial charge in [0, 0.05) is 26.1 Å². The standard InChI is InChI=1S/C24H25N3O4S3/c28-34(29,23-8-2-7-22-24(23)26-33-25-22)27(16-21-6-3-11-30-21)15-19-4-1-5-20(14-19)31-12-9-18-10-13-32-17-18/h1-2,4-5,7-8,10,13-14,17,21H,3,6,9,11-12,15-16H2/t21-/m0/s1. The average molecular weight is 516 g/mol. The zero-order valence-corrected chi connectivity index (χ0v) is 20.9. The van der Waals surface area contributed by atoms with Crippen molar-refractivity contribution in [3.05, 3.63) is 70.4 Å². The maximum Gasteiger partial charge on any atom is 0.245 e. The Morgan fingerprint density at radius 2 is 2.03 bits per heavy atom. The summed E-state index contributed by atoms with van der Waals surface area (Å²) in [5.74, 6) is 0.730. The maximum atomic E-state index is 13.8. The number of rotatable bonds is 10. The van der Waals surface area contributed by atoms with Gasteiger partial charge in [0.1, 0.15) is 21.7 Å². The summed E-state index contributed by atoms with van der Waals surface area (Å²) in [7, 11) is -3.82. The van der Waals surface area contributed by atoms with Crippen molar-refractivity contribution in [2.45, 2.75) is 36.8 Å². The lowest BCUT2D eigenvalue weighted by atomic mass is 10.2. The second-order valence-electron chi connectivity index (χ2n) is 8.20. The smallest absolute Gasteiger partial charge is 0.245 e. The molecule has 34 heavy (non-hydrogen) atoms. The molecule has 0 aliphatic carbocycles. The van der Waals surface area contributed by atoms with E-state index in [1.54, 1.807) is 29.5 Å². The maximum absolute atomic E-state index is 13.8. The molecule has 0 N–H and O–H groups in total. The first-order valence-corrected chi connectivity index (χ1v) is 14.3. The molecule has 4 aromatic rings. The van der Waals surface area contributed by atoms with Crippen molar-refractivity contribution in [2.24, 2.45) is 0 Å². The Morgan fingerprint density at radius 3 is 2.85 bits per heavy atom. The summed E-state index contributed by atoms with van der Waals surface area (Å²) in [5, 5.41) is 4.17. The summed E-state index contributed by atoms with van der Waals surface area (Å²) >= 11 is 2.69. The molecule has 1 atom stereocenters. The molecule has 0 bridgehead atoms. The molecule has 1 aliphatic rings. The van der Waals surface area contributed by atoms with Gasteiger partial charge in [-0.25, -0.2) is 8.42 Å². The minimum Gasteiger partial charge on any atom is -0.493 e. The van der Waals surface area contributed by atoms with Crippen LogP contribution in [-0.4, -0.2) is 47.3 Å². The predicted molar refractivity (Wildman–Crippen MR) is 134 cm³/mol. The second kappa shape index (κ2) is 10.5. The quantitative estimate of drug-likeness (QED) is 0.303. The zero-order valence-electron chi connectivity index (χ0n) is 18.5. The predicted octanol–water partition coefficient (Wildman–Crippen LogP) is 4.74. The highest BCUT2D eigenvalue weighted by molar-refractivity contribution is 7.89. The van der Waals surface area contributed by atoms with E-state index in [0.717, 1.165) is 42.3 Å². The van der Waals surface area contributed by atoms with E-state index < -0.39 is 10.0 Å². The molecule has 7 nitrogen and oxygen atoms in total. The van der Waals surface area contributed by atoms with E-state index >= 15 is 0 Å². The topological polar surface area (TPSA) is 81.6 Å². The fourth-order valence-corrected chi connectivity index (χ4v) is 6.97. The molecule has 2 aromatic heterocycles. The number of ether oxygens (including phenoxy) is 2. The van der Waals surface area contributed by atoms with Crippen molar-refractivity contribution in [2.75, 3.05) is 19.8 Å². The normalized spacial score (nSPS) is 16.4. The number of benzene rings is 2. The summed E-state index contributed by atoms with van der Waals surface area (Å²) in [4.78, 5) is 0.180. The number of nitrogens with zero attached hydrogens (tertiary/aromatic N) is 3. The number of hydrogen-bond acceptors (Lipinski definition) is 8. The molecule has 1 saturated heterocycles. The van der Waals surface area contributed by atoms with Crippen LogP contribution in [-0.2, 0) is 27.7 Å². The van der Waals surface area contributed by atoms with Crippen molar-refractivity contribution in [1.82, 2.24) is 13.1 Å². The monoisotopic (exact) mass is 515 g/mol. The highest BCUT2D eigenvalue weighted by Gasteiger charge is 2.31. The Kier molecular flexibility index (Phi) is 7.21. The minimum atomic E-state index is -3.82. The number of aromatic nitrogens is 2. The van der Waals surface area contributed by atoms with Gasteiger partial charge in [-0.2, -0.15) is 24.4 Å². The molecule has 178 valence electrons. The van der Waals surface area contributed by atoms with E-state index in [9.17, 15) is 8.42 Å². The van der Waals surface area contributed by atoms with Gasteiger partial charge in [0.15, 0.2) is 0 Å². The van der Waals surface area contributed by atoms with E-state index in [-0.39, 0.29) is 17.5 Å². The lowest BCUT2D eigenvalue weighted by Gasteiger charge is -2.25. The molecule has 0 spiro atoms. The van der Waals surface area contributed by atoms with Crippen LogP contribution in [0.3, 0.4) is 0 Å². The highest BCUT2D eigenvalue weighted by Crippen LogP contribution is 2.28. The molecule has 3 heterocycles. The fourth-order valence-electron chi connectivity index (χ4n) is 4.05. The summed E-state index contributed by atoms with van der Waals surface area (Å²) in [6, 6.07) is 14.8. The van der Waals surface area contributed by atoms with Crippen molar-refractivity contribution in [1.29, 1.82) is 0 Å².